The van der Waals surface area contributed by atoms with Crippen LogP contribution in [-0.2, 0) is 30.8 Å². The number of methoxy groups -OCH3 is 1. The number of aliphatic hydroxyl groups excluding tert-OH is 1. The van der Waals surface area contributed by atoms with Crippen molar-refractivity contribution in [3.63, 3.8) is 0 Å². The van der Waals surface area contributed by atoms with E-state index in [2.05, 4.69) is 4.74 Å². The van der Waals surface area contributed by atoms with Gasteiger partial charge in [-0.2, -0.15) is 13.2 Å². The molecule has 0 bridgehead atoms. The Bertz CT molecular complexity index is 1360. The number of carboxylic acid groups (broad SMARTS) is 1. The molecule has 1 aliphatic heterocycles. The van der Waals surface area contributed by atoms with E-state index in [1.54, 1.807) is 0 Å². The summed E-state index contributed by atoms with van der Waals surface area (Å²) in [6.45, 7) is 0.875. The van der Waals surface area contributed by atoms with Gasteiger partial charge in [-0.1, -0.05) is 6.07 Å². The van der Waals surface area contributed by atoms with Gasteiger partial charge < -0.3 is 24.4 Å². The Labute approximate surface area is 220 Å². The van der Waals surface area contributed by atoms with Crippen molar-refractivity contribution >= 4 is 27.6 Å². The van der Waals surface area contributed by atoms with E-state index in [0.29, 0.717) is 13.8 Å². The summed E-state index contributed by atoms with van der Waals surface area (Å²) >= 11 is 0. The highest BCUT2D eigenvalue weighted by atomic mass is 32.2. The smallest absolute Gasteiger partial charge is 0.427 e. The van der Waals surface area contributed by atoms with Crippen LogP contribution in [0.2, 0.25) is 0 Å². The SMILES string of the molecule is COc1cc(S(=O)(=O)N2C[C@H](CC(O)C(=O)O)Oc3ccc(CC(=O)OC(C)(C)C(F)(F)F)cc32)ccc1F. The number of fused-ring (bicyclic) bond motifs is 1. The van der Waals surface area contributed by atoms with Gasteiger partial charge in [0, 0.05) is 12.5 Å². The molecule has 1 unspecified atom stereocenters. The minimum Gasteiger partial charge on any atom is -0.494 e. The van der Waals surface area contributed by atoms with Crippen LogP contribution in [0.1, 0.15) is 25.8 Å². The average molecular weight is 580 g/mol. The molecule has 0 aliphatic carbocycles. The normalized spacial score (nSPS) is 16.6. The summed E-state index contributed by atoms with van der Waals surface area (Å²) in [5.41, 5.74) is -2.81. The van der Waals surface area contributed by atoms with Gasteiger partial charge in [0.25, 0.3) is 10.0 Å². The zero-order valence-corrected chi connectivity index (χ0v) is 21.7. The Morgan fingerprint density at radius 3 is 2.44 bits per heavy atom. The van der Waals surface area contributed by atoms with Gasteiger partial charge in [-0.15, -0.1) is 0 Å². The lowest BCUT2D eigenvalue weighted by Gasteiger charge is -2.36. The molecule has 0 saturated heterocycles. The molecule has 39 heavy (non-hydrogen) atoms. The number of carbonyl (C=O) groups is 2. The number of benzene rings is 2. The van der Waals surface area contributed by atoms with Gasteiger partial charge in [-0.3, -0.25) is 9.10 Å². The van der Waals surface area contributed by atoms with Crippen LogP contribution in [0, 0.1) is 5.82 Å². The first-order valence-corrected chi connectivity index (χ1v) is 12.8. The van der Waals surface area contributed by atoms with E-state index in [1.807, 2.05) is 0 Å². The van der Waals surface area contributed by atoms with Crippen molar-refractivity contribution < 1.29 is 60.0 Å². The van der Waals surface area contributed by atoms with Gasteiger partial charge in [-0.25, -0.2) is 17.6 Å². The summed E-state index contributed by atoms with van der Waals surface area (Å²) in [5.74, 6) is -4.06. The molecule has 0 spiro atoms. The van der Waals surface area contributed by atoms with Crippen LogP contribution in [0.25, 0.3) is 0 Å². The van der Waals surface area contributed by atoms with Crippen LogP contribution >= 0.6 is 0 Å². The molecule has 0 radical (unpaired) electrons. The molecule has 0 saturated carbocycles. The minimum absolute atomic E-state index is 0.0748. The molecule has 2 aromatic carbocycles. The fourth-order valence-electron chi connectivity index (χ4n) is 3.64. The third-order valence-electron chi connectivity index (χ3n) is 5.84. The number of rotatable bonds is 9. The maximum Gasteiger partial charge on any atom is 0.427 e. The zero-order chi connectivity index (χ0) is 29.3. The highest BCUT2D eigenvalue weighted by Crippen LogP contribution is 2.40. The molecule has 2 aromatic rings. The molecule has 10 nitrogen and oxygen atoms in total. The fraction of sp³-hybridized carbons (Fsp3) is 0.417. The lowest BCUT2D eigenvalue weighted by atomic mass is 10.1. The molecule has 1 heterocycles. The highest BCUT2D eigenvalue weighted by Gasteiger charge is 2.50. The largest absolute Gasteiger partial charge is 0.494 e. The van der Waals surface area contributed by atoms with Crippen LogP contribution in [0.15, 0.2) is 41.3 Å². The van der Waals surface area contributed by atoms with Crippen molar-refractivity contribution in [1.29, 1.82) is 0 Å². The number of carboxylic acids is 1. The summed E-state index contributed by atoms with van der Waals surface area (Å²) in [6.07, 6.45) is -8.98. The van der Waals surface area contributed by atoms with Crippen LogP contribution in [0.5, 0.6) is 11.5 Å². The van der Waals surface area contributed by atoms with Crippen molar-refractivity contribution in [2.45, 2.75) is 55.6 Å². The maximum atomic E-state index is 13.9. The van der Waals surface area contributed by atoms with E-state index < -0.39 is 76.0 Å². The first-order valence-electron chi connectivity index (χ1n) is 11.3. The van der Waals surface area contributed by atoms with E-state index in [-0.39, 0.29) is 22.7 Å². The second-order valence-electron chi connectivity index (χ2n) is 9.12. The lowest BCUT2D eigenvalue weighted by Crippen LogP contribution is -2.45. The molecular weight excluding hydrogens is 554 g/mol. The van der Waals surface area contributed by atoms with Crippen molar-refractivity contribution in [2.24, 2.45) is 0 Å². The number of alkyl halides is 3. The highest BCUT2D eigenvalue weighted by molar-refractivity contribution is 7.92. The number of halogens is 4. The third-order valence-corrected chi connectivity index (χ3v) is 7.61. The summed E-state index contributed by atoms with van der Waals surface area (Å²) in [7, 11) is -3.36. The monoisotopic (exact) mass is 579 g/mol. The second kappa shape index (κ2) is 10.9. The van der Waals surface area contributed by atoms with E-state index in [0.717, 1.165) is 29.6 Å². The van der Waals surface area contributed by atoms with Crippen LogP contribution in [0.3, 0.4) is 0 Å². The number of aliphatic carboxylic acids is 1. The third kappa shape index (κ3) is 6.53. The summed E-state index contributed by atoms with van der Waals surface area (Å²) in [5, 5.41) is 18.8. The number of carbonyl (C=O) groups excluding carboxylic acids is 1. The maximum absolute atomic E-state index is 13.9. The van der Waals surface area contributed by atoms with Gasteiger partial charge in [0.1, 0.15) is 11.9 Å². The molecular formula is C24H25F4NO9S. The number of ether oxygens (including phenoxy) is 3. The van der Waals surface area contributed by atoms with Crippen molar-refractivity contribution in [3.8, 4) is 11.5 Å². The molecule has 15 heteroatoms. The molecule has 214 valence electrons. The van der Waals surface area contributed by atoms with Crippen LogP contribution in [0.4, 0.5) is 23.2 Å². The Hall–Kier alpha value is -3.59. The Morgan fingerprint density at radius 2 is 1.85 bits per heavy atom. The first-order chi connectivity index (χ1) is 18.0. The van der Waals surface area contributed by atoms with Crippen molar-refractivity contribution in [1.82, 2.24) is 0 Å². The molecule has 0 amide bonds. The summed E-state index contributed by atoms with van der Waals surface area (Å²) < 4.78 is 96.4. The molecule has 2 atom stereocenters. The molecule has 3 rings (SSSR count). The quantitative estimate of drug-likeness (QED) is 0.339. The van der Waals surface area contributed by atoms with E-state index >= 15 is 0 Å². The standard InChI is InChI=1S/C24H25F4NO9S/c1-23(2,24(26,27)28)38-21(31)9-13-4-7-19-17(8-13)29(12-14(37-19)10-18(30)22(32)33)39(34,35)15-5-6-16(25)20(11-15)36-3/h4-8,11,14,18,30H,9-10,12H2,1-3H3,(H,32,33)/t14-,18?/m0/s1. The van der Waals surface area contributed by atoms with Crippen molar-refractivity contribution in [3.05, 3.63) is 47.8 Å². The predicted molar refractivity (Wildman–Crippen MR) is 127 cm³/mol. The molecule has 2 N–H and O–H groups in total. The second-order valence-corrected chi connectivity index (χ2v) is 11.0. The average Bonchev–Trinajstić information content (AvgIpc) is 2.82. The van der Waals surface area contributed by atoms with Gasteiger partial charge in [0.05, 0.1) is 30.7 Å². The lowest BCUT2D eigenvalue weighted by molar-refractivity contribution is -0.257. The molecule has 1 aliphatic rings. The fourth-order valence-corrected chi connectivity index (χ4v) is 5.16. The Balaban J connectivity index is 2.01. The number of anilines is 1. The first kappa shape index (κ1) is 30.0. The van der Waals surface area contributed by atoms with Crippen LogP contribution in [-0.4, -0.2) is 68.2 Å². The number of hydrogen-bond donors (Lipinski definition) is 2. The van der Waals surface area contributed by atoms with Crippen LogP contribution < -0.4 is 13.8 Å². The number of aliphatic hydroxyl groups is 1. The number of nitrogens with zero attached hydrogens (tertiary/aromatic N) is 1. The minimum atomic E-state index is -4.83. The number of hydrogen-bond acceptors (Lipinski definition) is 8. The Kier molecular flexibility index (Phi) is 8.36. The Morgan fingerprint density at radius 1 is 1.18 bits per heavy atom. The number of esters is 1. The van der Waals surface area contributed by atoms with Gasteiger partial charge >= 0.3 is 18.1 Å². The van der Waals surface area contributed by atoms with Crippen molar-refractivity contribution in [2.75, 3.05) is 18.0 Å². The zero-order valence-electron chi connectivity index (χ0n) is 20.9. The van der Waals surface area contributed by atoms with Gasteiger partial charge in [-0.05, 0) is 43.7 Å². The topological polar surface area (TPSA) is 140 Å². The molecule has 0 aromatic heterocycles. The van der Waals surface area contributed by atoms with E-state index in [1.165, 1.54) is 18.2 Å². The van der Waals surface area contributed by atoms with E-state index in [4.69, 9.17) is 14.6 Å². The van der Waals surface area contributed by atoms with Gasteiger partial charge in [0.2, 0.25) is 5.60 Å². The predicted octanol–water partition coefficient (Wildman–Crippen LogP) is 3.05. The summed E-state index contributed by atoms with van der Waals surface area (Å²) in [4.78, 5) is 23.0. The van der Waals surface area contributed by atoms with Gasteiger partial charge in [0.15, 0.2) is 17.7 Å². The van der Waals surface area contributed by atoms with E-state index in [9.17, 15) is 40.7 Å². The summed E-state index contributed by atoms with van der Waals surface area (Å²) in [6, 6.07) is 6.51. The molecule has 0 fully saturated rings. The number of sulfonamides is 1.